The third kappa shape index (κ3) is 8.43. The molecule has 2 aromatic carbocycles. The van der Waals surface area contributed by atoms with E-state index in [2.05, 4.69) is 10.6 Å². The molecule has 48 heavy (non-hydrogen) atoms. The fraction of sp³-hybridized carbons (Fsp3) is 0.343. The highest BCUT2D eigenvalue weighted by molar-refractivity contribution is 6.88. The lowest BCUT2D eigenvalue weighted by atomic mass is 9.94. The maximum atomic E-state index is 15.1. The zero-order valence-electron chi connectivity index (χ0n) is 28.3. The molecule has 2 heterocycles. The van der Waals surface area contributed by atoms with Crippen LogP contribution in [0.4, 0.5) is 23.1 Å². The van der Waals surface area contributed by atoms with E-state index in [-0.39, 0.29) is 29.8 Å². The van der Waals surface area contributed by atoms with Crippen LogP contribution in [0.5, 0.6) is 0 Å². The van der Waals surface area contributed by atoms with Crippen LogP contribution in [0.3, 0.4) is 0 Å². The van der Waals surface area contributed by atoms with E-state index < -0.39 is 39.1 Å². The van der Waals surface area contributed by atoms with Crippen LogP contribution in [0, 0.1) is 25.5 Å². The summed E-state index contributed by atoms with van der Waals surface area (Å²) in [5.74, 6) is -2.57. The number of benzene rings is 2. The Hall–Kier alpha value is -4.23. The van der Waals surface area contributed by atoms with Gasteiger partial charge in [-0.3, -0.25) is 18.2 Å². The van der Waals surface area contributed by atoms with Crippen LogP contribution >= 0.6 is 0 Å². The molecule has 1 aliphatic rings. The summed E-state index contributed by atoms with van der Waals surface area (Å²) in [6.07, 6.45) is 6.47. The van der Waals surface area contributed by atoms with Crippen molar-refractivity contribution in [2.24, 2.45) is 4.99 Å². The number of nitrogens with zero attached hydrogens (tertiary/aromatic N) is 2. The number of aliphatic imine (C=N–C) groups is 1. The van der Waals surface area contributed by atoms with E-state index in [0.717, 1.165) is 28.6 Å². The lowest BCUT2D eigenvalue weighted by Gasteiger charge is -2.23. The molecule has 254 valence electrons. The molecule has 1 aromatic heterocycles. The van der Waals surface area contributed by atoms with Crippen LogP contribution in [0.15, 0.2) is 59.2 Å². The Morgan fingerprint density at radius 3 is 2.35 bits per heavy atom. The summed E-state index contributed by atoms with van der Waals surface area (Å²) in [5, 5.41) is 5.44. The van der Waals surface area contributed by atoms with Gasteiger partial charge >= 0.3 is 7.40 Å². The van der Waals surface area contributed by atoms with Gasteiger partial charge in [-0.05, 0) is 79.5 Å². The Morgan fingerprint density at radius 1 is 1.06 bits per heavy atom. The van der Waals surface area contributed by atoms with Gasteiger partial charge < -0.3 is 19.8 Å². The van der Waals surface area contributed by atoms with Crippen molar-refractivity contribution in [2.45, 2.75) is 72.3 Å². The zero-order chi connectivity index (χ0) is 35.3. The van der Waals surface area contributed by atoms with E-state index in [0.29, 0.717) is 45.9 Å². The van der Waals surface area contributed by atoms with Crippen molar-refractivity contribution in [1.82, 2.24) is 9.79 Å². The lowest BCUT2D eigenvalue weighted by molar-refractivity contribution is -0.126. The van der Waals surface area contributed by atoms with Crippen molar-refractivity contribution in [1.29, 1.82) is 0 Å². The molecule has 7 nitrogen and oxygen atoms in total. The first kappa shape index (κ1) is 36.6. The molecule has 3 aromatic rings. The Kier molecular flexibility index (Phi) is 11.7. The average molecular weight is 681 g/mol. The van der Waals surface area contributed by atoms with Gasteiger partial charge in [0.1, 0.15) is 17.7 Å². The molecule has 2 N–H and O–H groups in total. The van der Waals surface area contributed by atoms with Crippen molar-refractivity contribution in [3.63, 3.8) is 0 Å². The molecular formula is C35H41BF4N4O3Si. The van der Waals surface area contributed by atoms with Gasteiger partial charge in [-0.1, -0.05) is 45.1 Å². The first-order chi connectivity index (χ1) is 22.6. The summed E-state index contributed by atoms with van der Waals surface area (Å²) in [6, 6.07) is 7.80. The number of anilines is 1. The molecule has 13 heteroatoms. The number of hydrogen-bond donors (Lipinski definition) is 2. The van der Waals surface area contributed by atoms with E-state index >= 15 is 8.78 Å². The highest BCUT2D eigenvalue weighted by Crippen LogP contribution is 2.29. The van der Waals surface area contributed by atoms with Crippen LogP contribution < -0.4 is 15.8 Å². The van der Waals surface area contributed by atoms with Gasteiger partial charge in [0.2, 0.25) is 5.91 Å². The van der Waals surface area contributed by atoms with Crippen molar-refractivity contribution in [3.8, 4) is 0 Å². The first-order valence-corrected chi connectivity index (χ1v) is 19.3. The van der Waals surface area contributed by atoms with Gasteiger partial charge in [0.25, 0.3) is 5.91 Å². The number of halogens is 4. The largest absolute Gasteiger partial charge is 0.677 e. The van der Waals surface area contributed by atoms with Crippen molar-refractivity contribution in [2.75, 3.05) is 12.4 Å². The molecular weight excluding hydrogens is 639 g/mol. The monoisotopic (exact) mass is 680 g/mol. The van der Waals surface area contributed by atoms with E-state index in [4.69, 9.17) is 9.73 Å². The number of hydrogen-bond acceptors (Lipinski definition) is 4. The van der Waals surface area contributed by atoms with E-state index in [1.807, 2.05) is 26.6 Å². The Labute approximate surface area is 280 Å². The number of methoxy groups -OCH3 is 1. The lowest BCUT2D eigenvalue weighted by Crippen LogP contribution is -2.42. The van der Waals surface area contributed by atoms with Gasteiger partial charge in [-0.25, -0.2) is 13.8 Å². The van der Waals surface area contributed by atoms with Gasteiger partial charge in [0.15, 0.2) is 0 Å². The number of amides is 2. The van der Waals surface area contributed by atoms with Crippen LogP contribution in [-0.2, 0) is 20.9 Å². The maximum Gasteiger partial charge on any atom is 0.677 e. The van der Waals surface area contributed by atoms with Crippen molar-refractivity contribution >= 4 is 50.0 Å². The van der Waals surface area contributed by atoms with Crippen LogP contribution in [0.25, 0.3) is 6.08 Å². The normalized spacial score (nSPS) is 14.3. The molecule has 1 aliphatic heterocycles. The second kappa shape index (κ2) is 15.3. The molecule has 1 atom stereocenters. The number of allylic oxidation sites excluding steroid dienone is 2. The smallest absolute Gasteiger partial charge is 0.380 e. The molecule has 0 radical (unpaired) electrons. The minimum atomic E-state index is -2.74. The van der Waals surface area contributed by atoms with Crippen molar-refractivity contribution in [3.05, 3.63) is 99.5 Å². The maximum absolute atomic E-state index is 15.1. The highest BCUT2D eigenvalue weighted by Gasteiger charge is 2.30. The number of carbonyl (C=O) groups excluding carboxylic acids is 2. The summed E-state index contributed by atoms with van der Waals surface area (Å²) in [5.41, 5.74) is 3.78. The van der Waals surface area contributed by atoms with E-state index in [1.165, 1.54) is 0 Å². The number of aromatic nitrogens is 1. The molecule has 0 fully saturated rings. The third-order valence-electron chi connectivity index (χ3n) is 8.01. The average Bonchev–Trinajstić information content (AvgIpc) is 3.57. The van der Waals surface area contributed by atoms with Crippen LogP contribution in [-0.4, -0.2) is 44.6 Å². The SMILES string of the molecule is CCCCC(=O)N[C@@H](C(=O)Nc1cc(F)c([Si](C)(C)C)c(F)c1)c1ccc(COC)cc1C1=N/C(=C\c2c(C)cc(C)n2B(F)F)C=C1. The summed E-state index contributed by atoms with van der Waals surface area (Å²) >= 11 is 0. The molecule has 0 saturated heterocycles. The Bertz CT molecular complexity index is 1770. The Morgan fingerprint density at radius 2 is 1.75 bits per heavy atom. The number of carbonyl (C=O) groups is 2. The standard InChI is InChI=1S/C35H41BF4N4O3Si/c1-8-9-10-32(45)43-33(35(46)42-25-17-28(37)34(29(38)18-25)48(5,6)7)26-13-11-23(20-47-4)16-27(26)30-14-12-24(41-30)19-31-21(2)15-22(3)44(31)36(39)40/h11-19,33H,8-10,20H2,1-7H3,(H,42,46)(H,43,45)/b24-19-/t33-/m1/s1. The fourth-order valence-electron chi connectivity index (χ4n) is 5.79. The summed E-state index contributed by atoms with van der Waals surface area (Å²) < 4.78 is 64.2. The predicted octanol–water partition coefficient (Wildman–Crippen LogP) is 7.23. The zero-order valence-corrected chi connectivity index (χ0v) is 29.3. The number of rotatable bonds is 13. The number of unbranched alkanes of at least 4 members (excludes halogenated alkanes) is 1. The number of aryl methyl sites for hydroxylation is 2. The van der Waals surface area contributed by atoms with Crippen LogP contribution in [0.2, 0.25) is 19.6 Å². The molecule has 4 rings (SSSR count). The molecule has 0 saturated carbocycles. The second-order valence-electron chi connectivity index (χ2n) is 12.9. The topological polar surface area (TPSA) is 84.7 Å². The summed E-state index contributed by atoms with van der Waals surface area (Å²) in [6.45, 7) is 11.0. The van der Waals surface area contributed by atoms with Crippen LogP contribution in [0.1, 0.15) is 65.9 Å². The van der Waals surface area contributed by atoms with Gasteiger partial charge in [0, 0.05) is 41.4 Å². The highest BCUT2D eigenvalue weighted by atomic mass is 28.3. The predicted molar refractivity (Wildman–Crippen MR) is 186 cm³/mol. The molecule has 0 spiro atoms. The molecule has 2 amide bonds. The van der Waals surface area contributed by atoms with E-state index in [1.54, 1.807) is 63.5 Å². The summed E-state index contributed by atoms with van der Waals surface area (Å²) in [7, 11) is -3.56. The summed E-state index contributed by atoms with van der Waals surface area (Å²) in [4.78, 5) is 31.7. The Balaban J connectivity index is 1.79. The molecule has 0 unspecified atom stereocenters. The fourth-order valence-corrected chi connectivity index (χ4v) is 7.37. The van der Waals surface area contributed by atoms with Gasteiger partial charge in [-0.2, -0.15) is 0 Å². The van der Waals surface area contributed by atoms with Crippen molar-refractivity contribution < 1.29 is 31.7 Å². The molecule has 0 aliphatic carbocycles. The van der Waals surface area contributed by atoms with Gasteiger partial charge in [-0.15, -0.1) is 0 Å². The number of nitrogens with one attached hydrogen (secondary N) is 2. The first-order valence-electron chi connectivity index (χ1n) is 15.8. The second-order valence-corrected chi connectivity index (χ2v) is 17.9. The molecule has 0 bridgehead atoms. The van der Waals surface area contributed by atoms with E-state index in [9.17, 15) is 18.2 Å². The van der Waals surface area contributed by atoms with Gasteiger partial charge in [0.05, 0.1) is 26.1 Å². The quantitative estimate of drug-likeness (QED) is 0.148. The number of ether oxygens (including phenoxy) is 1. The third-order valence-corrected chi connectivity index (χ3v) is 9.99. The minimum Gasteiger partial charge on any atom is -0.380 e. The minimum absolute atomic E-state index is 0.0296.